The molecule has 0 aliphatic rings. The van der Waals surface area contributed by atoms with Crippen molar-refractivity contribution < 1.29 is 13.2 Å². The van der Waals surface area contributed by atoms with Crippen LogP contribution in [-0.2, 0) is 0 Å². The number of hydrogen-bond donors (Lipinski definition) is 0. The predicted molar refractivity (Wildman–Crippen MR) is 54.8 cm³/mol. The minimum atomic E-state index is -4.20. The lowest BCUT2D eigenvalue weighted by atomic mass is 9.94. The molecule has 1 aromatic rings. The summed E-state index contributed by atoms with van der Waals surface area (Å²) in [7, 11) is 0. The van der Waals surface area contributed by atoms with Gasteiger partial charge < -0.3 is 0 Å². The van der Waals surface area contributed by atoms with E-state index in [4.69, 9.17) is 0 Å². The van der Waals surface area contributed by atoms with Gasteiger partial charge in [0.05, 0.1) is 5.92 Å². The first-order valence-corrected chi connectivity index (χ1v) is 4.69. The highest BCUT2D eigenvalue weighted by atomic mass is 19.4. The number of halogens is 3. The van der Waals surface area contributed by atoms with Gasteiger partial charge in [0.25, 0.3) is 0 Å². The second-order valence-corrected chi connectivity index (χ2v) is 3.53. The Morgan fingerprint density at radius 2 is 1.80 bits per heavy atom. The van der Waals surface area contributed by atoms with Crippen molar-refractivity contribution in [3.63, 3.8) is 0 Å². The van der Waals surface area contributed by atoms with Gasteiger partial charge in [0.15, 0.2) is 0 Å². The van der Waals surface area contributed by atoms with Crippen LogP contribution in [0.2, 0.25) is 0 Å². The van der Waals surface area contributed by atoms with E-state index in [9.17, 15) is 13.2 Å². The molecule has 1 aromatic carbocycles. The van der Waals surface area contributed by atoms with E-state index in [1.54, 1.807) is 12.1 Å². The number of aryl methyl sites for hydroxylation is 1. The minimum Gasteiger partial charge on any atom is -0.170 e. The zero-order chi connectivity index (χ0) is 11.5. The molecule has 3 heteroatoms. The van der Waals surface area contributed by atoms with Gasteiger partial charge in [-0.3, -0.25) is 0 Å². The average molecular weight is 214 g/mol. The molecule has 0 spiro atoms. The molecule has 0 amide bonds. The molecule has 0 nitrogen and oxygen atoms in total. The van der Waals surface area contributed by atoms with Gasteiger partial charge in [-0.15, -0.1) is 6.58 Å². The molecular formula is C12H13F3. The minimum absolute atomic E-state index is 0.0768. The number of alkyl halides is 3. The molecule has 0 aliphatic heterocycles. The molecule has 0 saturated heterocycles. The molecule has 1 unspecified atom stereocenters. The van der Waals surface area contributed by atoms with Crippen LogP contribution in [0, 0.1) is 6.92 Å². The van der Waals surface area contributed by atoms with Gasteiger partial charge in [-0.2, -0.15) is 13.2 Å². The van der Waals surface area contributed by atoms with Crippen molar-refractivity contribution in [3.8, 4) is 0 Å². The first kappa shape index (κ1) is 11.8. The molecule has 0 heterocycles. The monoisotopic (exact) mass is 214 g/mol. The van der Waals surface area contributed by atoms with Crippen LogP contribution in [0.25, 0.3) is 0 Å². The van der Waals surface area contributed by atoms with Crippen LogP contribution in [-0.4, -0.2) is 6.18 Å². The van der Waals surface area contributed by atoms with Crippen LogP contribution >= 0.6 is 0 Å². The van der Waals surface area contributed by atoms with E-state index < -0.39 is 12.1 Å². The van der Waals surface area contributed by atoms with Gasteiger partial charge in [-0.05, 0) is 18.9 Å². The molecule has 0 aliphatic carbocycles. The Hall–Kier alpha value is -1.25. The van der Waals surface area contributed by atoms with Gasteiger partial charge in [0.1, 0.15) is 0 Å². The van der Waals surface area contributed by atoms with E-state index >= 15 is 0 Å². The first-order chi connectivity index (χ1) is 6.95. The molecule has 0 bridgehead atoms. The summed E-state index contributed by atoms with van der Waals surface area (Å²) in [6, 6.07) is 6.43. The highest BCUT2D eigenvalue weighted by Crippen LogP contribution is 2.37. The fourth-order valence-corrected chi connectivity index (χ4v) is 1.42. The summed E-state index contributed by atoms with van der Waals surface area (Å²) in [5.41, 5.74) is 1.26. The lowest BCUT2D eigenvalue weighted by Gasteiger charge is -2.19. The van der Waals surface area contributed by atoms with Crippen LogP contribution in [0.3, 0.4) is 0 Å². The third-order valence-corrected chi connectivity index (χ3v) is 2.28. The smallest absolute Gasteiger partial charge is 0.170 e. The van der Waals surface area contributed by atoms with Crippen LogP contribution in [0.4, 0.5) is 13.2 Å². The van der Waals surface area contributed by atoms with Crippen LogP contribution in [0.5, 0.6) is 0 Å². The number of hydrogen-bond acceptors (Lipinski definition) is 0. The molecule has 15 heavy (non-hydrogen) atoms. The summed E-state index contributed by atoms with van der Waals surface area (Å²) in [5, 5.41) is 0. The summed E-state index contributed by atoms with van der Waals surface area (Å²) >= 11 is 0. The quantitative estimate of drug-likeness (QED) is 0.661. The van der Waals surface area contributed by atoms with Crippen LogP contribution in [0.1, 0.15) is 23.5 Å². The Morgan fingerprint density at radius 3 is 2.20 bits per heavy atom. The standard InChI is InChI=1S/C12H13F3/c1-3-4-11(12(13,14)15)10-7-5-9(2)6-8-10/h3,5-8,11H,1,4H2,2H3. The Kier molecular flexibility index (Phi) is 3.56. The van der Waals surface area contributed by atoms with Crippen molar-refractivity contribution in [2.45, 2.75) is 25.4 Å². The topological polar surface area (TPSA) is 0 Å². The van der Waals surface area contributed by atoms with E-state index in [0.29, 0.717) is 5.56 Å². The predicted octanol–water partition coefficient (Wildman–Crippen LogP) is 4.22. The third-order valence-electron chi connectivity index (χ3n) is 2.28. The highest BCUT2D eigenvalue weighted by Gasteiger charge is 2.39. The molecule has 0 fully saturated rings. The summed E-state index contributed by atoms with van der Waals surface area (Å²) in [5.74, 6) is -1.43. The van der Waals surface area contributed by atoms with Gasteiger partial charge in [-0.1, -0.05) is 35.9 Å². The Bertz CT molecular complexity index is 322. The first-order valence-electron chi connectivity index (χ1n) is 4.69. The summed E-state index contributed by atoms with van der Waals surface area (Å²) in [6.07, 6.45) is -2.98. The van der Waals surface area contributed by atoms with Gasteiger partial charge >= 0.3 is 6.18 Å². The number of rotatable bonds is 3. The zero-order valence-electron chi connectivity index (χ0n) is 8.51. The second-order valence-electron chi connectivity index (χ2n) is 3.53. The van der Waals surface area contributed by atoms with Gasteiger partial charge in [-0.25, -0.2) is 0 Å². The molecule has 0 N–H and O–H groups in total. The maximum atomic E-state index is 12.6. The molecule has 1 rings (SSSR count). The zero-order valence-corrected chi connectivity index (χ0v) is 8.51. The van der Waals surface area contributed by atoms with E-state index in [1.165, 1.54) is 18.2 Å². The van der Waals surface area contributed by atoms with Crippen molar-refractivity contribution in [1.82, 2.24) is 0 Å². The molecule has 0 saturated carbocycles. The van der Waals surface area contributed by atoms with E-state index in [2.05, 4.69) is 6.58 Å². The fraction of sp³-hybridized carbons (Fsp3) is 0.333. The van der Waals surface area contributed by atoms with Gasteiger partial charge in [0, 0.05) is 0 Å². The molecule has 0 aromatic heterocycles. The lowest BCUT2D eigenvalue weighted by molar-refractivity contribution is -0.149. The highest BCUT2D eigenvalue weighted by molar-refractivity contribution is 5.26. The largest absolute Gasteiger partial charge is 0.396 e. The van der Waals surface area contributed by atoms with E-state index in [-0.39, 0.29) is 6.42 Å². The lowest BCUT2D eigenvalue weighted by Crippen LogP contribution is -2.20. The van der Waals surface area contributed by atoms with E-state index in [1.807, 2.05) is 6.92 Å². The van der Waals surface area contributed by atoms with Crippen LogP contribution < -0.4 is 0 Å². The normalized spacial score (nSPS) is 13.6. The number of allylic oxidation sites excluding steroid dienone is 1. The third kappa shape index (κ3) is 3.11. The molecule has 1 atom stereocenters. The fourth-order valence-electron chi connectivity index (χ4n) is 1.42. The maximum Gasteiger partial charge on any atom is 0.396 e. The van der Waals surface area contributed by atoms with Crippen molar-refractivity contribution >= 4 is 0 Å². The SMILES string of the molecule is C=CCC(c1ccc(C)cc1)C(F)(F)F. The average Bonchev–Trinajstić information content (AvgIpc) is 2.14. The molecule has 0 radical (unpaired) electrons. The summed E-state index contributed by atoms with van der Waals surface area (Å²) in [6.45, 7) is 5.20. The van der Waals surface area contributed by atoms with Crippen LogP contribution in [0.15, 0.2) is 36.9 Å². The second kappa shape index (κ2) is 4.51. The van der Waals surface area contributed by atoms with Gasteiger partial charge in [0.2, 0.25) is 0 Å². The van der Waals surface area contributed by atoms with Crippen molar-refractivity contribution in [2.75, 3.05) is 0 Å². The summed E-state index contributed by atoms with van der Waals surface area (Å²) < 4.78 is 37.9. The Morgan fingerprint density at radius 1 is 1.27 bits per heavy atom. The maximum absolute atomic E-state index is 12.6. The van der Waals surface area contributed by atoms with Crippen molar-refractivity contribution in [3.05, 3.63) is 48.0 Å². The number of benzene rings is 1. The van der Waals surface area contributed by atoms with Crippen molar-refractivity contribution in [1.29, 1.82) is 0 Å². The molecular weight excluding hydrogens is 201 g/mol. The Labute approximate surface area is 87.4 Å². The Balaban J connectivity index is 2.99. The molecule has 82 valence electrons. The van der Waals surface area contributed by atoms with E-state index in [0.717, 1.165) is 5.56 Å². The summed E-state index contributed by atoms with van der Waals surface area (Å²) in [4.78, 5) is 0. The van der Waals surface area contributed by atoms with Crippen molar-refractivity contribution in [2.24, 2.45) is 0 Å².